The molecular weight excluding hydrogens is 330 g/mol. The number of hydrogen-bond donors (Lipinski definition) is 1. The first kappa shape index (κ1) is 18.0. The van der Waals surface area contributed by atoms with Crippen molar-refractivity contribution < 1.29 is 9.53 Å². The molecule has 1 aliphatic carbocycles. The fourth-order valence-corrected chi connectivity index (χ4v) is 4.32. The van der Waals surface area contributed by atoms with Crippen LogP contribution in [-0.2, 0) is 0 Å². The normalized spacial score (nSPS) is 15.6. The summed E-state index contributed by atoms with van der Waals surface area (Å²) in [6.07, 6.45) is 7.81. The first-order valence-electron chi connectivity index (χ1n) is 9.37. The van der Waals surface area contributed by atoms with Crippen molar-refractivity contribution >= 4 is 17.2 Å². The van der Waals surface area contributed by atoms with Crippen molar-refractivity contribution in [3.8, 4) is 16.2 Å². The van der Waals surface area contributed by atoms with Crippen LogP contribution in [-0.4, -0.2) is 19.1 Å². The topological polar surface area (TPSA) is 38.3 Å². The van der Waals surface area contributed by atoms with Gasteiger partial charge < -0.3 is 10.1 Å². The van der Waals surface area contributed by atoms with Crippen molar-refractivity contribution in [2.24, 2.45) is 5.92 Å². The third kappa shape index (κ3) is 5.08. The molecule has 0 spiro atoms. The summed E-state index contributed by atoms with van der Waals surface area (Å²) in [5, 5.41) is 3.14. The van der Waals surface area contributed by atoms with Crippen molar-refractivity contribution in [3.63, 3.8) is 0 Å². The van der Waals surface area contributed by atoms with Gasteiger partial charge in [-0.2, -0.15) is 0 Å². The average Bonchev–Trinajstić information content (AvgIpc) is 2.98. The van der Waals surface area contributed by atoms with Gasteiger partial charge in [0, 0.05) is 11.4 Å². The molecule has 25 heavy (non-hydrogen) atoms. The van der Waals surface area contributed by atoms with Crippen molar-refractivity contribution in [2.75, 3.05) is 13.2 Å². The molecule has 1 fully saturated rings. The van der Waals surface area contributed by atoms with Crippen LogP contribution in [0.3, 0.4) is 0 Å². The summed E-state index contributed by atoms with van der Waals surface area (Å²) in [5.41, 5.74) is 1.12. The zero-order valence-electron chi connectivity index (χ0n) is 14.9. The van der Waals surface area contributed by atoms with Crippen molar-refractivity contribution in [2.45, 2.75) is 45.4 Å². The number of thiophene rings is 1. The molecule has 0 aliphatic heterocycles. The molecule has 1 aromatic carbocycles. The Morgan fingerprint density at radius 2 is 1.80 bits per heavy atom. The predicted octanol–water partition coefficient (Wildman–Crippen LogP) is 5.51. The summed E-state index contributed by atoms with van der Waals surface area (Å²) in [5.74, 6) is 1.59. The molecule has 1 aromatic heterocycles. The number of nitrogens with one attached hydrogen (secondary N) is 1. The molecule has 0 unspecified atom stereocenters. The second-order valence-corrected chi connectivity index (χ2v) is 7.77. The molecule has 0 atom stereocenters. The molecule has 3 rings (SSSR count). The quantitative estimate of drug-likeness (QED) is 0.692. The maximum absolute atomic E-state index is 12.4. The van der Waals surface area contributed by atoms with E-state index in [9.17, 15) is 4.79 Å². The van der Waals surface area contributed by atoms with E-state index >= 15 is 0 Å². The minimum absolute atomic E-state index is 0.0615. The number of rotatable bonds is 6. The number of ether oxygens (including phenoxy) is 1. The highest BCUT2D eigenvalue weighted by atomic mass is 32.1. The van der Waals surface area contributed by atoms with Gasteiger partial charge in [-0.1, -0.05) is 25.7 Å². The lowest BCUT2D eigenvalue weighted by atomic mass is 10.0. The summed E-state index contributed by atoms with van der Waals surface area (Å²) in [4.78, 5) is 14.3. The van der Waals surface area contributed by atoms with E-state index in [0.717, 1.165) is 27.6 Å². The Morgan fingerprint density at radius 1 is 1.08 bits per heavy atom. The monoisotopic (exact) mass is 357 g/mol. The Kier molecular flexibility index (Phi) is 6.51. The van der Waals surface area contributed by atoms with Crippen LogP contribution in [0.2, 0.25) is 0 Å². The molecule has 1 saturated carbocycles. The largest absolute Gasteiger partial charge is 0.494 e. The molecule has 134 valence electrons. The lowest BCUT2D eigenvalue weighted by Crippen LogP contribution is -2.28. The molecule has 0 bridgehead atoms. The van der Waals surface area contributed by atoms with Gasteiger partial charge in [-0.15, -0.1) is 11.3 Å². The van der Waals surface area contributed by atoms with E-state index in [1.54, 1.807) is 11.3 Å². The number of carbonyl (C=O) groups excluding carboxylic acids is 1. The zero-order chi connectivity index (χ0) is 17.5. The van der Waals surface area contributed by atoms with Gasteiger partial charge in [-0.3, -0.25) is 4.79 Å². The van der Waals surface area contributed by atoms with Crippen LogP contribution in [0, 0.1) is 5.92 Å². The lowest BCUT2D eigenvalue weighted by Gasteiger charge is -2.14. The van der Waals surface area contributed by atoms with Crippen LogP contribution in [0.15, 0.2) is 36.4 Å². The van der Waals surface area contributed by atoms with E-state index < -0.39 is 0 Å². The first-order chi connectivity index (χ1) is 12.3. The van der Waals surface area contributed by atoms with Gasteiger partial charge in [0.25, 0.3) is 5.91 Å². The lowest BCUT2D eigenvalue weighted by molar-refractivity contribution is 0.0950. The second kappa shape index (κ2) is 9.04. The Bertz CT molecular complexity index is 669. The Morgan fingerprint density at radius 3 is 2.48 bits per heavy atom. The summed E-state index contributed by atoms with van der Waals surface area (Å²) in [6, 6.07) is 12.0. The van der Waals surface area contributed by atoms with Gasteiger partial charge in [-0.05, 0) is 67.6 Å². The summed E-state index contributed by atoms with van der Waals surface area (Å²) in [7, 11) is 0. The van der Waals surface area contributed by atoms with Crippen molar-refractivity contribution in [1.29, 1.82) is 0 Å². The molecule has 4 heteroatoms. The van der Waals surface area contributed by atoms with Crippen LogP contribution >= 0.6 is 11.3 Å². The average molecular weight is 358 g/mol. The van der Waals surface area contributed by atoms with Crippen molar-refractivity contribution in [1.82, 2.24) is 5.32 Å². The van der Waals surface area contributed by atoms with Crippen molar-refractivity contribution in [3.05, 3.63) is 41.3 Å². The third-order valence-electron chi connectivity index (χ3n) is 4.81. The van der Waals surface area contributed by atoms with Gasteiger partial charge in [-0.25, -0.2) is 0 Å². The maximum Gasteiger partial charge on any atom is 0.261 e. The Labute approximate surface area is 154 Å². The van der Waals surface area contributed by atoms with Gasteiger partial charge in [0.1, 0.15) is 5.75 Å². The van der Waals surface area contributed by atoms with E-state index in [1.165, 1.54) is 38.5 Å². The molecule has 3 nitrogen and oxygen atoms in total. The van der Waals surface area contributed by atoms with E-state index in [-0.39, 0.29) is 5.91 Å². The zero-order valence-corrected chi connectivity index (χ0v) is 15.7. The standard InChI is InChI=1S/C21H27NO2S/c1-2-24-18-11-9-17(10-12-18)19-13-14-20(25-19)21(23)22-15-16-7-5-3-4-6-8-16/h9-14,16H,2-8,15H2,1H3,(H,22,23). The third-order valence-corrected chi connectivity index (χ3v) is 5.94. The number of carbonyl (C=O) groups is 1. The summed E-state index contributed by atoms with van der Waals surface area (Å²) < 4.78 is 5.48. The molecule has 2 aromatic rings. The number of hydrogen-bond acceptors (Lipinski definition) is 3. The molecule has 0 saturated heterocycles. The van der Waals surface area contributed by atoms with E-state index in [4.69, 9.17) is 4.74 Å². The predicted molar refractivity (Wildman–Crippen MR) is 104 cm³/mol. The van der Waals surface area contributed by atoms with Crippen LogP contribution in [0.1, 0.15) is 55.1 Å². The highest BCUT2D eigenvalue weighted by Gasteiger charge is 2.15. The van der Waals surface area contributed by atoms with Crippen LogP contribution in [0.5, 0.6) is 5.75 Å². The van der Waals surface area contributed by atoms with Crippen LogP contribution < -0.4 is 10.1 Å². The Hall–Kier alpha value is -1.81. The maximum atomic E-state index is 12.4. The summed E-state index contributed by atoms with van der Waals surface area (Å²) >= 11 is 1.55. The Balaban J connectivity index is 1.57. The van der Waals surface area contributed by atoms with Gasteiger partial charge in [0.15, 0.2) is 0 Å². The van der Waals surface area contributed by atoms with Gasteiger partial charge >= 0.3 is 0 Å². The fourth-order valence-electron chi connectivity index (χ4n) is 3.39. The molecular formula is C21H27NO2S. The van der Waals surface area contributed by atoms with E-state index in [0.29, 0.717) is 12.5 Å². The van der Waals surface area contributed by atoms with E-state index in [1.807, 2.05) is 43.3 Å². The van der Waals surface area contributed by atoms with Crippen LogP contribution in [0.4, 0.5) is 0 Å². The smallest absolute Gasteiger partial charge is 0.261 e. The minimum Gasteiger partial charge on any atom is -0.494 e. The van der Waals surface area contributed by atoms with Gasteiger partial charge in [0.05, 0.1) is 11.5 Å². The SMILES string of the molecule is CCOc1ccc(-c2ccc(C(=O)NCC3CCCCCC3)s2)cc1. The highest BCUT2D eigenvalue weighted by molar-refractivity contribution is 7.17. The number of benzene rings is 1. The summed E-state index contributed by atoms with van der Waals surface area (Å²) in [6.45, 7) is 3.46. The molecule has 1 aliphatic rings. The first-order valence-corrected chi connectivity index (χ1v) is 10.2. The molecule has 0 radical (unpaired) electrons. The molecule has 1 N–H and O–H groups in total. The number of amides is 1. The van der Waals surface area contributed by atoms with E-state index in [2.05, 4.69) is 5.32 Å². The van der Waals surface area contributed by atoms with Crippen LogP contribution in [0.25, 0.3) is 10.4 Å². The highest BCUT2D eigenvalue weighted by Crippen LogP contribution is 2.29. The molecule has 1 amide bonds. The molecule has 1 heterocycles. The minimum atomic E-state index is 0.0615. The second-order valence-electron chi connectivity index (χ2n) is 6.69. The van der Waals surface area contributed by atoms with Gasteiger partial charge in [0.2, 0.25) is 0 Å². The fraction of sp³-hybridized carbons (Fsp3) is 0.476.